The molecule has 2 aromatic carbocycles. The van der Waals surface area contributed by atoms with Crippen LogP contribution in [0.15, 0.2) is 66.9 Å². The van der Waals surface area contributed by atoms with E-state index in [9.17, 15) is 14.8 Å². The van der Waals surface area contributed by atoms with E-state index in [0.717, 1.165) is 16.3 Å². The number of carbonyl (C=O) groups is 2. The number of hydrogen-bond donors (Lipinski definition) is 2. The van der Waals surface area contributed by atoms with Gasteiger partial charge in [-0.2, -0.15) is 4.73 Å². The standard InChI is InChI=1S/C18H15N3O3/c22-17(19-20-18(23)16-7-3-4-10-21(16)24)12-13-8-9-14-5-1-2-6-15(14)11-13/h1-11H,12H2,(H,19,22)(H,20,23). The van der Waals surface area contributed by atoms with Crippen LogP contribution in [0, 0.1) is 5.21 Å². The number of carbonyl (C=O) groups excluding carboxylic acids is 2. The first kappa shape index (κ1) is 15.5. The molecule has 0 aliphatic heterocycles. The Bertz CT molecular complexity index is 909. The van der Waals surface area contributed by atoms with Crippen LogP contribution in [0.4, 0.5) is 0 Å². The van der Waals surface area contributed by atoms with Crippen LogP contribution < -0.4 is 15.6 Å². The second-order valence-corrected chi connectivity index (χ2v) is 5.27. The number of pyridine rings is 1. The Morgan fingerprint density at radius 2 is 1.67 bits per heavy atom. The predicted octanol–water partition coefficient (Wildman–Crippen LogP) is 1.48. The molecule has 0 saturated carbocycles. The zero-order chi connectivity index (χ0) is 16.9. The van der Waals surface area contributed by atoms with E-state index in [1.807, 2.05) is 42.5 Å². The quantitative estimate of drug-likeness (QED) is 0.435. The molecule has 24 heavy (non-hydrogen) atoms. The zero-order valence-corrected chi connectivity index (χ0v) is 12.7. The van der Waals surface area contributed by atoms with Crippen molar-refractivity contribution >= 4 is 22.6 Å². The molecule has 2 amide bonds. The van der Waals surface area contributed by atoms with Crippen molar-refractivity contribution in [2.75, 3.05) is 0 Å². The molecule has 0 bridgehead atoms. The molecule has 0 unspecified atom stereocenters. The molecule has 1 heterocycles. The number of amides is 2. The minimum Gasteiger partial charge on any atom is -0.618 e. The van der Waals surface area contributed by atoms with E-state index in [2.05, 4.69) is 10.9 Å². The maximum atomic E-state index is 12.0. The monoisotopic (exact) mass is 321 g/mol. The minimum absolute atomic E-state index is 0.0940. The summed E-state index contributed by atoms with van der Waals surface area (Å²) in [5, 5.41) is 13.6. The summed E-state index contributed by atoms with van der Waals surface area (Å²) < 4.78 is 0.435. The highest BCUT2D eigenvalue weighted by molar-refractivity contribution is 5.93. The van der Waals surface area contributed by atoms with Crippen LogP contribution in [0.3, 0.4) is 0 Å². The van der Waals surface area contributed by atoms with Crippen molar-refractivity contribution in [3.63, 3.8) is 0 Å². The van der Waals surface area contributed by atoms with Crippen molar-refractivity contribution in [3.05, 3.63) is 83.3 Å². The average Bonchev–Trinajstić information content (AvgIpc) is 2.60. The van der Waals surface area contributed by atoms with Crippen molar-refractivity contribution in [3.8, 4) is 0 Å². The fraction of sp³-hybridized carbons (Fsp3) is 0.0556. The summed E-state index contributed by atoms with van der Waals surface area (Å²) in [6, 6.07) is 18.1. The lowest BCUT2D eigenvalue weighted by Gasteiger charge is -2.08. The number of nitrogens with zero attached hydrogens (tertiary/aromatic N) is 1. The van der Waals surface area contributed by atoms with Crippen LogP contribution in [0.2, 0.25) is 0 Å². The lowest BCUT2D eigenvalue weighted by atomic mass is 10.1. The van der Waals surface area contributed by atoms with E-state index in [-0.39, 0.29) is 18.0 Å². The smallest absolute Gasteiger partial charge is 0.335 e. The van der Waals surface area contributed by atoms with Crippen LogP contribution >= 0.6 is 0 Å². The van der Waals surface area contributed by atoms with Gasteiger partial charge in [0.05, 0.1) is 6.42 Å². The van der Waals surface area contributed by atoms with Crippen LogP contribution in [-0.4, -0.2) is 11.8 Å². The second-order valence-electron chi connectivity index (χ2n) is 5.27. The van der Waals surface area contributed by atoms with Gasteiger partial charge in [0.25, 0.3) is 5.69 Å². The van der Waals surface area contributed by atoms with Gasteiger partial charge < -0.3 is 5.21 Å². The summed E-state index contributed by atoms with van der Waals surface area (Å²) in [4.78, 5) is 23.8. The molecular weight excluding hydrogens is 306 g/mol. The molecule has 3 aromatic rings. The van der Waals surface area contributed by atoms with Crippen LogP contribution in [0.1, 0.15) is 16.1 Å². The SMILES string of the molecule is O=C(Cc1ccc2ccccc2c1)NNC(=O)c1cccc[n+]1[O-]. The van der Waals surface area contributed by atoms with Gasteiger partial charge in [0, 0.05) is 12.1 Å². The molecule has 0 radical (unpaired) electrons. The lowest BCUT2D eigenvalue weighted by molar-refractivity contribution is -0.607. The van der Waals surface area contributed by atoms with Gasteiger partial charge in [-0.3, -0.25) is 20.4 Å². The van der Waals surface area contributed by atoms with Gasteiger partial charge in [0.2, 0.25) is 5.91 Å². The Balaban J connectivity index is 1.61. The van der Waals surface area contributed by atoms with Crippen molar-refractivity contribution in [2.24, 2.45) is 0 Å². The fourth-order valence-corrected chi connectivity index (χ4v) is 2.37. The van der Waals surface area contributed by atoms with E-state index in [0.29, 0.717) is 4.73 Å². The number of hydrazine groups is 1. The molecule has 0 fully saturated rings. The first-order valence-corrected chi connectivity index (χ1v) is 7.38. The minimum atomic E-state index is -0.669. The third kappa shape index (κ3) is 3.49. The zero-order valence-electron chi connectivity index (χ0n) is 12.7. The summed E-state index contributed by atoms with van der Waals surface area (Å²) in [6.45, 7) is 0. The van der Waals surface area contributed by atoms with E-state index >= 15 is 0 Å². The van der Waals surface area contributed by atoms with Crippen molar-refractivity contribution in [2.45, 2.75) is 6.42 Å². The molecule has 0 saturated heterocycles. The number of nitrogens with one attached hydrogen (secondary N) is 2. The summed E-state index contributed by atoms with van der Waals surface area (Å²) >= 11 is 0. The maximum Gasteiger partial charge on any atom is 0.335 e. The molecule has 3 rings (SSSR count). The Hall–Kier alpha value is -3.41. The molecule has 120 valence electrons. The average molecular weight is 321 g/mol. The van der Waals surface area contributed by atoms with Gasteiger partial charge in [-0.05, 0) is 22.4 Å². The van der Waals surface area contributed by atoms with E-state index < -0.39 is 5.91 Å². The molecular formula is C18H15N3O3. The number of aromatic nitrogens is 1. The molecule has 0 spiro atoms. The van der Waals surface area contributed by atoms with Gasteiger partial charge in [0.1, 0.15) is 0 Å². The van der Waals surface area contributed by atoms with Crippen LogP contribution in [0.25, 0.3) is 10.8 Å². The molecule has 0 aliphatic rings. The Morgan fingerprint density at radius 3 is 2.46 bits per heavy atom. The van der Waals surface area contributed by atoms with Gasteiger partial charge >= 0.3 is 5.91 Å². The first-order valence-electron chi connectivity index (χ1n) is 7.38. The first-order chi connectivity index (χ1) is 11.6. The third-order valence-corrected chi connectivity index (χ3v) is 3.55. The third-order valence-electron chi connectivity index (χ3n) is 3.55. The van der Waals surface area contributed by atoms with E-state index in [1.165, 1.54) is 18.3 Å². The summed E-state index contributed by atoms with van der Waals surface area (Å²) in [5.74, 6) is -1.04. The fourth-order valence-electron chi connectivity index (χ4n) is 2.37. The van der Waals surface area contributed by atoms with Crippen LogP contribution in [0.5, 0.6) is 0 Å². The second kappa shape index (κ2) is 6.78. The number of hydrogen-bond acceptors (Lipinski definition) is 3. The van der Waals surface area contributed by atoms with Crippen molar-refractivity contribution in [1.82, 2.24) is 10.9 Å². The Morgan fingerprint density at radius 1 is 0.917 bits per heavy atom. The molecule has 1 aromatic heterocycles. The summed E-state index contributed by atoms with van der Waals surface area (Å²) in [7, 11) is 0. The molecule has 0 aliphatic carbocycles. The van der Waals surface area contributed by atoms with Gasteiger partial charge in [-0.1, -0.05) is 42.5 Å². The topological polar surface area (TPSA) is 85.1 Å². The highest BCUT2D eigenvalue weighted by Gasteiger charge is 2.15. The summed E-state index contributed by atoms with van der Waals surface area (Å²) in [5.41, 5.74) is 5.29. The van der Waals surface area contributed by atoms with Crippen LogP contribution in [-0.2, 0) is 11.2 Å². The van der Waals surface area contributed by atoms with Gasteiger partial charge in [-0.25, -0.2) is 0 Å². The van der Waals surface area contributed by atoms with Gasteiger partial charge in [0.15, 0.2) is 6.20 Å². The number of benzene rings is 2. The lowest BCUT2D eigenvalue weighted by Crippen LogP contribution is -2.47. The Kier molecular flexibility index (Phi) is 4.38. The van der Waals surface area contributed by atoms with Gasteiger partial charge in [-0.15, -0.1) is 0 Å². The highest BCUT2D eigenvalue weighted by atomic mass is 16.5. The highest BCUT2D eigenvalue weighted by Crippen LogP contribution is 2.15. The summed E-state index contributed by atoms with van der Waals surface area (Å²) in [6.07, 6.45) is 1.34. The van der Waals surface area contributed by atoms with Crippen molar-refractivity contribution < 1.29 is 14.3 Å². The number of fused-ring (bicyclic) bond motifs is 1. The van der Waals surface area contributed by atoms with E-state index in [1.54, 1.807) is 6.07 Å². The molecule has 2 N–H and O–H groups in total. The largest absolute Gasteiger partial charge is 0.618 e. The Labute approximate surface area is 138 Å². The predicted molar refractivity (Wildman–Crippen MR) is 88.7 cm³/mol. The van der Waals surface area contributed by atoms with Crippen molar-refractivity contribution in [1.29, 1.82) is 0 Å². The molecule has 6 heteroatoms. The molecule has 0 atom stereocenters. The maximum absolute atomic E-state index is 12.0. The number of rotatable bonds is 3. The van der Waals surface area contributed by atoms with E-state index in [4.69, 9.17) is 0 Å². The molecule has 6 nitrogen and oxygen atoms in total. The normalized spacial score (nSPS) is 10.3.